The molecule has 22 heavy (non-hydrogen) atoms. The maximum atomic E-state index is 12.0. The number of carbonyl (C=O) groups is 1. The van der Waals surface area contributed by atoms with Crippen molar-refractivity contribution in [1.29, 1.82) is 0 Å². The Hall–Kier alpha value is -0.610. The van der Waals surface area contributed by atoms with Crippen LogP contribution in [0.15, 0.2) is 0 Å². The summed E-state index contributed by atoms with van der Waals surface area (Å²) in [5.41, 5.74) is 0.624. The average molecular weight is 306 g/mol. The van der Waals surface area contributed by atoms with Gasteiger partial charge in [-0.05, 0) is 88.1 Å². The summed E-state index contributed by atoms with van der Waals surface area (Å²) in [6.07, 6.45) is 10.6. The van der Waals surface area contributed by atoms with Crippen LogP contribution in [0, 0.1) is 17.3 Å². The van der Waals surface area contributed by atoms with Gasteiger partial charge >= 0.3 is 0 Å². The van der Waals surface area contributed by atoms with E-state index in [1.165, 1.54) is 38.6 Å². The van der Waals surface area contributed by atoms with E-state index in [1.54, 1.807) is 0 Å². The largest absolute Gasteiger partial charge is 0.383 e. The molecule has 4 rings (SSSR count). The van der Waals surface area contributed by atoms with E-state index < -0.39 is 6.10 Å². The van der Waals surface area contributed by atoms with Gasteiger partial charge in [-0.15, -0.1) is 0 Å². The van der Waals surface area contributed by atoms with Crippen molar-refractivity contribution in [1.82, 2.24) is 10.2 Å². The lowest BCUT2D eigenvalue weighted by atomic mass is 9.82. The van der Waals surface area contributed by atoms with Gasteiger partial charge in [-0.1, -0.05) is 0 Å². The Labute approximate surface area is 133 Å². The minimum absolute atomic E-state index is 0.131. The molecule has 1 unspecified atom stereocenters. The van der Waals surface area contributed by atoms with E-state index in [0.717, 1.165) is 44.7 Å². The minimum Gasteiger partial charge on any atom is -0.383 e. The van der Waals surface area contributed by atoms with E-state index in [4.69, 9.17) is 0 Å². The first-order chi connectivity index (χ1) is 10.6. The number of aliphatic hydroxyl groups is 1. The second kappa shape index (κ2) is 5.79. The van der Waals surface area contributed by atoms with E-state index in [9.17, 15) is 9.90 Å². The first-order valence-electron chi connectivity index (χ1n) is 9.34. The molecular weight excluding hydrogens is 276 g/mol. The predicted molar refractivity (Wildman–Crippen MR) is 85.3 cm³/mol. The van der Waals surface area contributed by atoms with Crippen LogP contribution in [-0.4, -0.2) is 47.7 Å². The summed E-state index contributed by atoms with van der Waals surface area (Å²) in [5.74, 6) is 1.05. The number of amides is 1. The number of aliphatic hydroxyl groups excluding tert-OH is 1. The van der Waals surface area contributed by atoms with Crippen LogP contribution in [0.1, 0.15) is 57.8 Å². The highest BCUT2D eigenvalue weighted by molar-refractivity contribution is 5.81. The van der Waals surface area contributed by atoms with Crippen molar-refractivity contribution in [3.8, 4) is 0 Å². The van der Waals surface area contributed by atoms with Crippen molar-refractivity contribution < 1.29 is 9.90 Å². The minimum atomic E-state index is -0.789. The maximum absolute atomic E-state index is 12.0. The quantitative estimate of drug-likeness (QED) is 0.816. The molecule has 4 aliphatic rings. The topological polar surface area (TPSA) is 52.6 Å². The van der Waals surface area contributed by atoms with E-state index >= 15 is 0 Å². The third kappa shape index (κ3) is 3.05. The van der Waals surface area contributed by atoms with Gasteiger partial charge in [0.05, 0.1) is 0 Å². The summed E-state index contributed by atoms with van der Waals surface area (Å²) >= 11 is 0. The van der Waals surface area contributed by atoms with Crippen molar-refractivity contribution in [2.45, 2.75) is 69.9 Å². The van der Waals surface area contributed by atoms with Crippen molar-refractivity contribution in [2.24, 2.45) is 17.3 Å². The summed E-state index contributed by atoms with van der Waals surface area (Å²) in [5, 5.41) is 13.2. The molecule has 0 aromatic rings. The zero-order valence-corrected chi connectivity index (χ0v) is 13.6. The molecule has 0 aromatic carbocycles. The molecule has 0 radical (unpaired) electrons. The zero-order chi connectivity index (χ0) is 15.2. The lowest BCUT2D eigenvalue weighted by molar-refractivity contribution is -0.133. The van der Waals surface area contributed by atoms with Crippen LogP contribution in [0.3, 0.4) is 0 Å². The second-order valence-electron chi connectivity index (χ2n) is 8.49. The summed E-state index contributed by atoms with van der Waals surface area (Å²) in [4.78, 5) is 14.6. The number of carbonyl (C=O) groups excluding carboxylic acids is 1. The van der Waals surface area contributed by atoms with Gasteiger partial charge in [-0.25, -0.2) is 0 Å². The number of nitrogens with one attached hydrogen (secondary N) is 1. The molecule has 1 atom stereocenters. The van der Waals surface area contributed by atoms with Gasteiger partial charge in [-0.3, -0.25) is 4.79 Å². The third-order valence-corrected chi connectivity index (χ3v) is 6.72. The van der Waals surface area contributed by atoms with E-state index in [1.807, 2.05) is 0 Å². The molecule has 4 nitrogen and oxygen atoms in total. The third-order valence-electron chi connectivity index (χ3n) is 6.72. The molecule has 3 saturated carbocycles. The van der Waals surface area contributed by atoms with Crippen LogP contribution in [0.4, 0.5) is 0 Å². The second-order valence-corrected chi connectivity index (χ2v) is 8.49. The van der Waals surface area contributed by atoms with Crippen molar-refractivity contribution in [2.75, 3.05) is 19.6 Å². The molecule has 4 fully saturated rings. The number of rotatable bonds is 5. The molecule has 1 aliphatic heterocycles. The molecule has 1 amide bonds. The van der Waals surface area contributed by atoms with E-state index in [2.05, 4.69) is 10.2 Å². The number of nitrogens with zero attached hydrogens (tertiary/aromatic N) is 1. The molecule has 2 N–H and O–H groups in total. The molecule has 1 saturated heterocycles. The fraction of sp³-hybridized carbons (Fsp3) is 0.944. The molecule has 124 valence electrons. The number of fused-ring (bicyclic) bond motifs is 2. The Balaban J connectivity index is 1.24. The van der Waals surface area contributed by atoms with Gasteiger partial charge in [0.15, 0.2) is 0 Å². The van der Waals surface area contributed by atoms with Crippen LogP contribution in [0.25, 0.3) is 0 Å². The highest BCUT2D eigenvalue weighted by Crippen LogP contribution is 2.54. The van der Waals surface area contributed by atoms with Gasteiger partial charge < -0.3 is 15.3 Å². The first kappa shape index (κ1) is 14.9. The standard InChI is InChI=1S/C18H30N2O2/c21-16(17(22)19-15-1-2-15)14-5-9-20(10-6-14)12-18-7-3-13(11-18)4-8-18/h13-16,21H,1-12H2,(H,19,22). The molecule has 0 aromatic heterocycles. The average Bonchev–Trinajstić information content (AvgIpc) is 3.13. The van der Waals surface area contributed by atoms with E-state index in [0.29, 0.717) is 11.5 Å². The van der Waals surface area contributed by atoms with Crippen LogP contribution in [-0.2, 0) is 4.79 Å². The van der Waals surface area contributed by atoms with Crippen LogP contribution < -0.4 is 5.32 Å². The van der Waals surface area contributed by atoms with E-state index in [-0.39, 0.29) is 11.8 Å². The fourth-order valence-electron chi connectivity index (χ4n) is 5.16. The van der Waals surface area contributed by atoms with Crippen LogP contribution >= 0.6 is 0 Å². The van der Waals surface area contributed by atoms with Crippen LogP contribution in [0.2, 0.25) is 0 Å². The predicted octanol–water partition coefficient (Wildman–Crippen LogP) is 1.92. The Morgan fingerprint density at radius 1 is 1.14 bits per heavy atom. The smallest absolute Gasteiger partial charge is 0.249 e. The van der Waals surface area contributed by atoms with Crippen LogP contribution in [0.5, 0.6) is 0 Å². The Morgan fingerprint density at radius 3 is 2.36 bits per heavy atom. The van der Waals surface area contributed by atoms with Gasteiger partial charge in [0, 0.05) is 12.6 Å². The Bertz CT molecular complexity index is 419. The number of piperidine rings is 1. The molecule has 4 heteroatoms. The molecule has 0 spiro atoms. The summed E-state index contributed by atoms with van der Waals surface area (Å²) in [7, 11) is 0. The Kier molecular flexibility index (Phi) is 3.93. The van der Waals surface area contributed by atoms with Gasteiger partial charge in [0.1, 0.15) is 6.10 Å². The van der Waals surface area contributed by atoms with Gasteiger partial charge in [0.2, 0.25) is 5.91 Å². The monoisotopic (exact) mass is 306 g/mol. The van der Waals surface area contributed by atoms with Gasteiger partial charge in [-0.2, -0.15) is 0 Å². The first-order valence-corrected chi connectivity index (χ1v) is 9.34. The molecular formula is C18H30N2O2. The normalized spacial score (nSPS) is 37.4. The highest BCUT2D eigenvalue weighted by atomic mass is 16.3. The zero-order valence-electron chi connectivity index (χ0n) is 13.6. The lowest BCUT2D eigenvalue weighted by Gasteiger charge is -2.39. The van der Waals surface area contributed by atoms with Crippen molar-refractivity contribution in [3.05, 3.63) is 0 Å². The number of hydrogen-bond acceptors (Lipinski definition) is 3. The van der Waals surface area contributed by atoms with Crippen molar-refractivity contribution >= 4 is 5.91 Å². The molecule has 1 heterocycles. The molecule has 3 aliphatic carbocycles. The van der Waals surface area contributed by atoms with Crippen molar-refractivity contribution in [3.63, 3.8) is 0 Å². The fourth-order valence-corrected chi connectivity index (χ4v) is 5.16. The van der Waals surface area contributed by atoms with Gasteiger partial charge in [0.25, 0.3) is 0 Å². The summed E-state index contributed by atoms with van der Waals surface area (Å²) in [6, 6.07) is 0.346. The lowest BCUT2D eigenvalue weighted by Crippen LogP contribution is -2.46. The number of hydrogen-bond donors (Lipinski definition) is 2. The maximum Gasteiger partial charge on any atom is 0.249 e. The SMILES string of the molecule is O=C(NC1CC1)C(O)C1CCN(CC23CCC(CC2)C3)CC1. The highest BCUT2D eigenvalue weighted by Gasteiger charge is 2.46. The summed E-state index contributed by atoms with van der Waals surface area (Å²) in [6.45, 7) is 3.39. The summed E-state index contributed by atoms with van der Waals surface area (Å²) < 4.78 is 0. The Morgan fingerprint density at radius 2 is 1.82 bits per heavy atom. The molecule has 2 bridgehead atoms. The number of likely N-dealkylation sites (tertiary alicyclic amines) is 1.